The zero-order chi connectivity index (χ0) is 14.6. The number of aromatic nitrogens is 1. The standard InChI is InChI=1S/C13H23N3O3S/c1-11-13(12(2)19-15-11)20(17,18)14-7-10-16-8-5-3-4-6-9-16/h14H,3-10H2,1-2H3. The van der Waals surface area contributed by atoms with Crippen molar-refractivity contribution in [2.24, 2.45) is 0 Å². The lowest BCUT2D eigenvalue weighted by Crippen LogP contribution is -2.35. The minimum atomic E-state index is -3.52. The van der Waals surface area contributed by atoms with Gasteiger partial charge in [-0.3, -0.25) is 0 Å². The first-order valence-electron chi connectivity index (χ1n) is 7.15. The van der Waals surface area contributed by atoms with E-state index >= 15 is 0 Å². The fourth-order valence-electron chi connectivity index (χ4n) is 2.63. The molecule has 0 aliphatic carbocycles. The maximum Gasteiger partial charge on any atom is 0.246 e. The molecule has 1 aliphatic heterocycles. The van der Waals surface area contributed by atoms with E-state index < -0.39 is 10.0 Å². The molecule has 0 unspecified atom stereocenters. The second-order valence-electron chi connectivity index (χ2n) is 5.31. The van der Waals surface area contributed by atoms with Crippen molar-refractivity contribution in [3.8, 4) is 0 Å². The second kappa shape index (κ2) is 6.69. The maximum absolute atomic E-state index is 12.2. The summed E-state index contributed by atoms with van der Waals surface area (Å²) in [4.78, 5) is 2.50. The van der Waals surface area contributed by atoms with Crippen LogP contribution in [0.1, 0.15) is 37.1 Å². The van der Waals surface area contributed by atoms with Crippen LogP contribution >= 0.6 is 0 Å². The smallest absolute Gasteiger partial charge is 0.246 e. The molecule has 20 heavy (non-hydrogen) atoms. The summed E-state index contributed by atoms with van der Waals surface area (Å²) in [5.41, 5.74) is 0.407. The van der Waals surface area contributed by atoms with Crippen LogP contribution in [0.2, 0.25) is 0 Å². The summed E-state index contributed by atoms with van der Waals surface area (Å²) < 4.78 is 32.0. The molecule has 114 valence electrons. The molecule has 0 spiro atoms. The van der Waals surface area contributed by atoms with Gasteiger partial charge in [0.15, 0.2) is 5.76 Å². The SMILES string of the molecule is Cc1noc(C)c1S(=O)(=O)NCCN1CCCCCC1. The Bertz CT molecular complexity index is 512. The normalized spacial score (nSPS) is 18.1. The minimum Gasteiger partial charge on any atom is -0.360 e. The molecule has 1 saturated heterocycles. The average molecular weight is 301 g/mol. The minimum absolute atomic E-state index is 0.174. The fraction of sp³-hybridized carbons (Fsp3) is 0.769. The predicted molar refractivity (Wildman–Crippen MR) is 76.1 cm³/mol. The Morgan fingerprint density at radius 3 is 2.40 bits per heavy atom. The zero-order valence-electron chi connectivity index (χ0n) is 12.2. The summed E-state index contributed by atoms with van der Waals surface area (Å²) >= 11 is 0. The number of rotatable bonds is 5. The van der Waals surface area contributed by atoms with Crippen LogP contribution in [0.5, 0.6) is 0 Å². The van der Waals surface area contributed by atoms with Crippen LogP contribution in [0.4, 0.5) is 0 Å². The highest BCUT2D eigenvalue weighted by Crippen LogP contribution is 2.18. The number of hydrogen-bond donors (Lipinski definition) is 1. The average Bonchev–Trinajstić information content (AvgIpc) is 2.61. The number of nitrogens with one attached hydrogen (secondary N) is 1. The Labute approximate surface area is 120 Å². The van der Waals surface area contributed by atoms with Crippen molar-refractivity contribution in [3.63, 3.8) is 0 Å². The molecule has 0 atom stereocenters. The molecule has 6 nitrogen and oxygen atoms in total. The number of aryl methyl sites for hydroxylation is 2. The molecule has 1 aliphatic rings. The van der Waals surface area contributed by atoms with Gasteiger partial charge in [0.2, 0.25) is 10.0 Å². The summed E-state index contributed by atoms with van der Waals surface area (Å²) in [5.74, 6) is 0.338. The van der Waals surface area contributed by atoms with Crippen LogP contribution in [0.15, 0.2) is 9.42 Å². The van der Waals surface area contributed by atoms with Gasteiger partial charge in [-0.15, -0.1) is 0 Å². The molecule has 1 aromatic heterocycles. The summed E-state index contributed by atoms with van der Waals surface area (Å²) in [6.07, 6.45) is 4.97. The molecule has 0 amide bonds. The molecular weight excluding hydrogens is 278 g/mol. The van der Waals surface area contributed by atoms with Crippen LogP contribution in [0.25, 0.3) is 0 Å². The lowest BCUT2D eigenvalue weighted by atomic mass is 10.2. The largest absolute Gasteiger partial charge is 0.360 e. The van der Waals surface area contributed by atoms with Gasteiger partial charge in [-0.05, 0) is 39.8 Å². The molecule has 0 radical (unpaired) electrons. The quantitative estimate of drug-likeness (QED) is 0.891. The molecule has 0 aromatic carbocycles. The van der Waals surface area contributed by atoms with Gasteiger partial charge >= 0.3 is 0 Å². The third-order valence-corrected chi connectivity index (χ3v) is 5.36. The van der Waals surface area contributed by atoms with Crippen molar-refractivity contribution in [1.82, 2.24) is 14.8 Å². The second-order valence-corrected chi connectivity index (χ2v) is 7.01. The Morgan fingerprint density at radius 1 is 1.20 bits per heavy atom. The van der Waals surface area contributed by atoms with Crippen LogP contribution in [-0.4, -0.2) is 44.7 Å². The van der Waals surface area contributed by atoms with Gasteiger partial charge in [-0.25, -0.2) is 13.1 Å². The molecule has 1 aromatic rings. The first-order valence-corrected chi connectivity index (χ1v) is 8.64. The summed E-state index contributed by atoms with van der Waals surface area (Å²) in [6, 6.07) is 0. The van der Waals surface area contributed by atoms with Crippen LogP contribution in [0, 0.1) is 13.8 Å². The molecule has 0 saturated carbocycles. The first kappa shape index (κ1) is 15.5. The van der Waals surface area contributed by atoms with Crippen LogP contribution in [0.3, 0.4) is 0 Å². The summed E-state index contributed by atoms with van der Waals surface area (Å²) in [7, 11) is -3.52. The van der Waals surface area contributed by atoms with Gasteiger partial charge in [-0.2, -0.15) is 0 Å². The van der Waals surface area contributed by atoms with E-state index in [9.17, 15) is 8.42 Å². The maximum atomic E-state index is 12.2. The third-order valence-electron chi connectivity index (χ3n) is 3.66. The molecule has 2 rings (SSSR count). The third kappa shape index (κ3) is 3.80. The number of hydrogen-bond acceptors (Lipinski definition) is 5. The van der Waals surface area contributed by atoms with Gasteiger partial charge in [-0.1, -0.05) is 18.0 Å². The Morgan fingerprint density at radius 2 is 1.85 bits per heavy atom. The Hall–Kier alpha value is -0.920. The molecule has 0 bridgehead atoms. The Kier molecular flexibility index (Phi) is 5.17. The van der Waals surface area contributed by atoms with Crippen LogP contribution < -0.4 is 4.72 Å². The predicted octanol–water partition coefficient (Wildman–Crippen LogP) is 1.45. The van der Waals surface area contributed by atoms with Crippen molar-refractivity contribution < 1.29 is 12.9 Å². The van der Waals surface area contributed by atoms with Gasteiger partial charge in [0.05, 0.1) is 0 Å². The van der Waals surface area contributed by atoms with E-state index in [1.807, 2.05) is 0 Å². The van der Waals surface area contributed by atoms with Gasteiger partial charge < -0.3 is 9.42 Å². The molecule has 7 heteroatoms. The zero-order valence-corrected chi connectivity index (χ0v) is 13.0. The monoisotopic (exact) mass is 301 g/mol. The lowest BCUT2D eigenvalue weighted by Gasteiger charge is -2.19. The lowest BCUT2D eigenvalue weighted by molar-refractivity contribution is 0.290. The highest BCUT2D eigenvalue weighted by atomic mass is 32.2. The van der Waals surface area contributed by atoms with Crippen LogP contribution in [-0.2, 0) is 10.0 Å². The van der Waals surface area contributed by atoms with Gasteiger partial charge in [0, 0.05) is 13.1 Å². The highest BCUT2D eigenvalue weighted by molar-refractivity contribution is 7.89. The summed E-state index contributed by atoms with van der Waals surface area (Å²) in [6.45, 7) is 6.55. The summed E-state index contributed by atoms with van der Waals surface area (Å²) in [5, 5.41) is 3.69. The van der Waals surface area contributed by atoms with E-state index in [0.29, 0.717) is 18.0 Å². The van der Waals surface area contributed by atoms with E-state index in [4.69, 9.17) is 4.52 Å². The topological polar surface area (TPSA) is 75.4 Å². The van der Waals surface area contributed by atoms with Gasteiger partial charge in [0.1, 0.15) is 10.6 Å². The van der Waals surface area contributed by atoms with Gasteiger partial charge in [0.25, 0.3) is 0 Å². The molecular formula is C13H23N3O3S. The van der Waals surface area contributed by atoms with E-state index in [-0.39, 0.29) is 4.90 Å². The Balaban J connectivity index is 1.89. The van der Waals surface area contributed by atoms with E-state index in [1.54, 1.807) is 13.8 Å². The van der Waals surface area contributed by atoms with Crippen molar-refractivity contribution >= 4 is 10.0 Å². The fourth-order valence-corrected chi connectivity index (χ4v) is 3.97. The van der Waals surface area contributed by atoms with Crippen molar-refractivity contribution in [2.45, 2.75) is 44.4 Å². The number of nitrogens with zero attached hydrogens (tertiary/aromatic N) is 2. The van der Waals surface area contributed by atoms with E-state index in [0.717, 1.165) is 19.6 Å². The van der Waals surface area contributed by atoms with Crippen molar-refractivity contribution in [1.29, 1.82) is 0 Å². The molecule has 1 fully saturated rings. The van der Waals surface area contributed by atoms with E-state index in [1.165, 1.54) is 25.7 Å². The first-order chi connectivity index (χ1) is 9.50. The van der Waals surface area contributed by atoms with E-state index in [2.05, 4.69) is 14.8 Å². The van der Waals surface area contributed by atoms with Crippen molar-refractivity contribution in [2.75, 3.05) is 26.2 Å². The molecule has 2 heterocycles. The number of likely N-dealkylation sites (tertiary alicyclic amines) is 1. The highest BCUT2D eigenvalue weighted by Gasteiger charge is 2.23. The number of sulfonamides is 1. The molecule has 1 N–H and O–H groups in total. The van der Waals surface area contributed by atoms with Crippen molar-refractivity contribution in [3.05, 3.63) is 11.5 Å².